The molecule has 1 aromatic carbocycles. The third kappa shape index (κ3) is 4.74. The number of alkyl halides is 3. The number of halogens is 5. The van der Waals surface area contributed by atoms with Crippen LogP contribution < -0.4 is 9.64 Å². The summed E-state index contributed by atoms with van der Waals surface area (Å²) >= 11 is 12.6. The number of hydrogen-bond donors (Lipinski definition) is 1. The van der Waals surface area contributed by atoms with Crippen LogP contribution in [-0.2, 0) is 19.3 Å². The van der Waals surface area contributed by atoms with Crippen LogP contribution in [0, 0.1) is 0 Å². The van der Waals surface area contributed by atoms with Crippen LogP contribution in [0.5, 0.6) is 5.75 Å². The quantitative estimate of drug-likeness (QED) is 0.271. The number of ether oxygens (including phenoxy) is 1. The highest BCUT2D eigenvalue weighted by Crippen LogP contribution is 2.35. The summed E-state index contributed by atoms with van der Waals surface area (Å²) in [6, 6.07) is 9.24. The molecule has 6 rings (SSSR count). The van der Waals surface area contributed by atoms with E-state index >= 15 is 0 Å². The summed E-state index contributed by atoms with van der Waals surface area (Å²) in [6.07, 6.45) is -0.250. The monoisotopic (exact) mass is 574 g/mol. The fraction of sp³-hybridized carbons (Fsp3) is 0.240. The van der Waals surface area contributed by atoms with Crippen molar-refractivity contribution < 1.29 is 17.9 Å². The van der Waals surface area contributed by atoms with Crippen LogP contribution in [0.25, 0.3) is 22.2 Å². The predicted molar refractivity (Wildman–Crippen MR) is 139 cm³/mol. The van der Waals surface area contributed by atoms with Gasteiger partial charge in [-0.15, -0.1) is 10.2 Å². The van der Waals surface area contributed by atoms with Crippen molar-refractivity contribution in [3.8, 4) is 17.0 Å². The van der Waals surface area contributed by atoms with E-state index in [-0.39, 0.29) is 18.9 Å². The van der Waals surface area contributed by atoms with E-state index in [1.54, 1.807) is 6.20 Å². The molecule has 1 aliphatic rings. The van der Waals surface area contributed by atoms with E-state index in [0.717, 1.165) is 21.0 Å². The molecule has 5 heterocycles. The van der Waals surface area contributed by atoms with Gasteiger partial charge in [-0.2, -0.15) is 18.3 Å². The average Bonchev–Trinajstić information content (AvgIpc) is 3.52. The van der Waals surface area contributed by atoms with Gasteiger partial charge in [0.1, 0.15) is 23.4 Å². The number of nitrogens with zero attached hydrogens (tertiary/aromatic N) is 7. The maximum atomic E-state index is 13.1. The van der Waals surface area contributed by atoms with Gasteiger partial charge >= 0.3 is 6.18 Å². The molecule has 1 atom stereocenters. The molecular weight excluding hydrogens is 556 g/mol. The molecule has 39 heavy (non-hydrogen) atoms. The largest absolute Gasteiger partial charge is 0.486 e. The smallest absolute Gasteiger partial charge is 0.451 e. The molecule has 5 aromatic rings. The highest BCUT2D eigenvalue weighted by Gasteiger charge is 2.39. The van der Waals surface area contributed by atoms with Gasteiger partial charge in [0.15, 0.2) is 5.82 Å². The van der Waals surface area contributed by atoms with Gasteiger partial charge in [0.25, 0.3) is 0 Å². The van der Waals surface area contributed by atoms with Crippen molar-refractivity contribution in [3.05, 3.63) is 76.2 Å². The van der Waals surface area contributed by atoms with E-state index in [1.165, 1.54) is 12.4 Å². The topological polar surface area (TPSA) is 97.6 Å². The average molecular weight is 575 g/mol. The van der Waals surface area contributed by atoms with Gasteiger partial charge in [-0.1, -0.05) is 23.2 Å². The highest BCUT2D eigenvalue weighted by atomic mass is 35.5. The Hall–Kier alpha value is -3.90. The molecule has 200 valence electrons. The Kier molecular flexibility index (Phi) is 6.31. The van der Waals surface area contributed by atoms with E-state index in [0.29, 0.717) is 39.4 Å². The van der Waals surface area contributed by atoms with Gasteiger partial charge < -0.3 is 14.2 Å². The van der Waals surface area contributed by atoms with Crippen molar-refractivity contribution >= 4 is 39.9 Å². The molecule has 14 heteroatoms. The summed E-state index contributed by atoms with van der Waals surface area (Å²) in [7, 11) is 0. The van der Waals surface area contributed by atoms with Crippen molar-refractivity contribution in [2.24, 2.45) is 0 Å². The minimum absolute atomic E-state index is 0.113. The minimum atomic E-state index is -4.54. The van der Waals surface area contributed by atoms with Crippen LogP contribution in [0.3, 0.4) is 0 Å². The molecule has 0 fully saturated rings. The van der Waals surface area contributed by atoms with E-state index in [9.17, 15) is 13.2 Å². The second-order valence-electron chi connectivity index (χ2n) is 8.97. The molecule has 9 nitrogen and oxygen atoms in total. The molecule has 0 bridgehead atoms. The van der Waals surface area contributed by atoms with Crippen molar-refractivity contribution in [2.45, 2.75) is 32.3 Å². The number of aromatic amines is 1. The first-order valence-electron chi connectivity index (χ1n) is 11.8. The predicted octanol–water partition coefficient (Wildman–Crippen LogP) is 6.10. The van der Waals surface area contributed by atoms with E-state index in [4.69, 9.17) is 27.9 Å². The Morgan fingerprint density at radius 1 is 1.03 bits per heavy atom. The van der Waals surface area contributed by atoms with Crippen LogP contribution in [0.4, 0.5) is 19.0 Å². The van der Waals surface area contributed by atoms with Gasteiger partial charge in [-0.3, -0.25) is 10.1 Å². The Labute approximate surface area is 229 Å². The van der Waals surface area contributed by atoms with Crippen LogP contribution in [-0.4, -0.2) is 41.5 Å². The normalized spacial score (nSPS) is 14.5. The highest BCUT2D eigenvalue weighted by molar-refractivity contribution is 6.35. The lowest BCUT2D eigenvalue weighted by Crippen LogP contribution is -2.35. The molecule has 0 saturated carbocycles. The molecule has 0 aliphatic carbocycles. The van der Waals surface area contributed by atoms with Crippen LogP contribution in [0.2, 0.25) is 10.0 Å². The number of fused-ring (bicyclic) bond motifs is 2. The molecule has 0 saturated heterocycles. The molecule has 0 radical (unpaired) electrons. The number of hydrogen-bond acceptors (Lipinski definition) is 7. The first-order valence-corrected chi connectivity index (χ1v) is 12.6. The zero-order valence-corrected chi connectivity index (χ0v) is 21.8. The number of H-pyrrole nitrogens is 1. The van der Waals surface area contributed by atoms with Crippen LogP contribution in [0.1, 0.15) is 30.2 Å². The van der Waals surface area contributed by atoms with E-state index < -0.39 is 18.1 Å². The van der Waals surface area contributed by atoms with E-state index in [2.05, 4.69) is 30.4 Å². The molecular formula is C25H19Cl2F3N8O. The molecule has 0 spiro atoms. The summed E-state index contributed by atoms with van der Waals surface area (Å²) in [5.74, 6) is 0.483. The number of pyridine rings is 2. The number of benzene rings is 1. The Bertz CT molecular complexity index is 1650. The third-order valence-electron chi connectivity index (χ3n) is 6.50. The number of rotatable bonds is 5. The standard InChI is InChI=1S/C25H19Cl2F3N8O/c1-13(22-17(26)10-31-11-18(22)27)39-15-3-4-19-16(8-15)23(35-33-19)14-2-5-20(32-9-14)37-6-7-38-21(12-37)34-36-24(38)25(28,29)30/h2-5,8-11,13H,6-7,12H2,1H3,(H,33,35)/t13-/m1/s1. The first-order chi connectivity index (χ1) is 18.7. The zero-order valence-electron chi connectivity index (χ0n) is 20.2. The lowest BCUT2D eigenvalue weighted by molar-refractivity contribution is -0.147. The van der Waals surface area contributed by atoms with Crippen molar-refractivity contribution in [1.82, 2.24) is 34.9 Å². The van der Waals surface area contributed by atoms with Gasteiger partial charge in [0, 0.05) is 48.2 Å². The lowest BCUT2D eigenvalue weighted by atomic mass is 10.1. The summed E-state index contributed by atoms with van der Waals surface area (Å²) in [6.45, 7) is 2.48. The fourth-order valence-corrected chi connectivity index (χ4v) is 5.31. The molecule has 4 aromatic heterocycles. The molecule has 0 amide bonds. The second-order valence-corrected chi connectivity index (χ2v) is 9.79. The number of aromatic nitrogens is 7. The molecule has 0 unspecified atom stereocenters. The summed E-state index contributed by atoms with van der Waals surface area (Å²) in [4.78, 5) is 10.4. The Morgan fingerprint density at radius 3 is 2.54 bits per heavy atom. The summed E-state index contributed by atoms with van der Waals surface area (Å²) < 4.78 is 46.7. The lowest BCUT2D eigenvalue weighted by Gasteiger charge is -2.28. The summed E-state index contributed by atoms with van der Waals surface area (Å²) in [5, 5.41) is 16.2. The van der Waals surface area contributed by atoms with Gasteiger partial charge in [0.2, 0.25) is 5.82 Å². The van der Waals surface area contributed by atoms with Gasteiger partial charge in [-0.25, -0.2) is 4.98 Å². The van der Waals surface area contributed by atoms with E-state index in [1.807, 2.05) is 42.2 Å². The fourth-order valence-electron chi connectivity index (χ4n) is 4.64. The Morgan fingerprint density at radius 2 is 1.82 bits per heavy atom. The maximum absolute atomic E-state index is 13.1. The second kappa shape index (κ2) is 9.69. The first kappa shape index (κ1) is 25.4. The van der Waals surface area contributed by atoms with Crippen molar-refractivity contribution in [1.29, 1.82) is 0 Å². The van der Waals surface area contributed by atoms with Crippen LogP contribution in [0.15, 0.2) is 48.9 Å². The maximum Gasteiger partial charge on any atom is 0.451 e. The number of anilines is 1. The molecule has 1 aliphatic heterocycles. The number of nitrogens with one attached hydrogen (secondary N) is 1. The minimum Gasteiger partial charge on any atom is -0.486 e. The van der Waals surface area contributed by atoms with Gasteiger partial charge in [0.05, 0.1) is 22.1 Å². The zero-order chi connectivity index (χ0) is 27.3. The SMILES string of the molecule is C[C@@H](Oc1ccc2[nH]nc(-c3ccc(N4CCn5c(nnc5C(F)(F)F)C4)nc3)c2c1)c1c(Cl)cncc1Cl. The van der Waals surface area contributed by atoms with Gasteiger partial charge in [-0.05, 0) is 37.3 Å². The summed E-state index contributed by atoms with van der Waals surface area (Å²) in [5.41, 5.74) is 2.89. The molecule has 1 N–H and O–H groups in total. The Balaban J connectivity index is 1.22. The van der Waals surface area contributed by atoms with Crippen LogP contribution >= 0.6 is 23.2 Å². The third-order valence-corrected chi connectivity index (χ3v) is 7.10. The van der Waals surface area contributed by atoms with Crippen molar-refractivity contribution in [3.63, 3.8) is 0 Å². The van der Waals surface area contributed by atoms with Crippen molar-refractivity contribution in [2.75, 3.05) is 11.4 Å².